The fourth-order valence-corrected chi connectivity index (χ4v) is 2.87. The molecule has 0 aromatic heterocycles. The second-order valence-electron chi connectivity index (χ2n) is 6.05. The van der Waals surface area contributed by atoms with Gasteiger partial charge in [0, 0.05) is 11.3 Å². The largest absolute Gasteiger partial charge is 0.493 e. The first-order chi connectivity index (χ1) is 12.5. The number of amides is 1. The molecule has 26 heavy (non-hydrogen) atoms. The maximum Gasteiger partial charge on any atom is 0.251 e. The predicted molar refractivity (Wildman–Crippen MR) is 107 cm³/mol. The summed E-state index contributed by atoms with van der Waals surface area (Å²) in [6, 6.07) is 11.7. The number of nitrogens with one attached hydrogen (secondary N) is 1. The molecule has 138 valence electrons. The van der Waals surface area contributed by atoms with Gasteiger partial charge < -0.3 is 14.8 Å². The van der Waals surface area contributed by atoms with E-state index in [2.05, 4.69) is 31.3 Å². The topological polar surface area (TPSA) is 47.6 Å². The molecule has 0 aliphatic heterocycles. The van der Waals surface area contributed by atoms with E-state index in [-0.39, 0.29) is 5.91 Å². The molecule has 0 heterocycles. The van der Waals surface area contributed by atoms with E-state index >= 15 is 0 Å². The quantitative estimate of drug-likeness (QED) is 0.722. The van der Waals surface area contributed by atoms with Crippen LogP contribution in [-0.4, -0.2) is 20.1 Å². The van der Waals surface area contributed by atoms with E-state index in [9.17, 15) is 4.79 Å². The predicted octanol–water partition coefficient (Wildman–Crippen LogP) is 4.87. The molecule has 0 radical (unpaired) electrons. The molecule has 1 N–H and O–H groups in total. The van der Waals surface area contributed by atoms with Crippen molar-refractivity contribution in [3.05, 3.63) is 58.7 Å². The van der Waals surface area contributed by atoms with Crippen LogP contribution < -0.4 is 14.8 Å². The number of hydrogen-bond acceptors (Lipinski definition) is 3. The van der Waals surface area contributed by atoms with Crippen LogP contribution >= 0.6 is 0 Å². The van der Waals surface area contributed by atoms with Crippen LogP contribution in [-0.2, 0) is 17.6 Å². The van der Waals surface area contributed by atoms with E-state index < -0.39 is 0 Å². The van der Waals surface area contributed by atoms with Gasteiger partial charge in [0.2, 0.25) is 0 Å². The Morgan fingerprint density at radius 3 is 2.15 bits per heavy atom. The molecular weight excluding hydrogens is 326 g/mol. The SMILES string of the molecule is CCc1cccc(CC)c1NC(=O)/C(C)=C/c1ccc(OC)c(OC)c1. The summed E-state index contributed by atoms with van der Waals surface area (Å²) in [5.74, 6) is 1.20. The number of benzene rings is 2. The van der Waals surface area contributed by atoms with E-state index in [1.165, 1.54) is 0 Å². The van der Waals surface area contributed by atoms with Gasteiger partial charge in [-0.15, -0.1) is 0 Å². The van der Waals surface area contributed by atoms with Crippen LogP contribution in [0.15, 0.2) is 42.0 Å². The summed E-state index contributed by atoms with van der Waals surface area (Å²) in [4.78, 5) is 12.7. The van der Waals surface area contributed by atoms with Crippen molar-refractivity contribution in [1.82, 2.24) is 0 Å². The Balaban J connectivity index is 2.27. The van der Waals surface area contributed by atoms with Crippen LogP contribution in [0, 0.1) is 0 Å². The minimum absolute atomic E-state index is 0.101. The molecule has 2 rings (SSSR count). The van der Waals surface area contributed by atoms with Gasteiger partial charge in [-0.2, -0.15) is 0 Å². The van der Waals surface area contributed by atoms with Gasteiger partial charge in [-0.25, -0.2) is 0 Å². The molecule has 0 fully saturated rings. The van der Waals surface area contributed by atoms with Crippen molar-refractivity contribution in [3.63, 3.8) is 0 Å². The van der Waals surface area contributed by atoms with Gasteiger partial charge in [0.1, 0.15) is 0 Å². The lowest BCUT2D eigenvalue weighted by Crippen LogP contribution is -2.15. The van der Waals surface area contributed by atoms with Gasteiger partial charge in [-0.1, -0.05) is 38.1 Å². The standard InChI is InChI=1S/C22H27NO3/c1-6-17-9-8-10-18(7-2)21(17)23-22(24)15(3)13-16-11-12-19(25-4)20(14-16)26-5/h8-14H,6-7H2,1-5H3,(H,23,24)/b15-13+. The van der Waals surface area contributed by atoms with Gasteiger partial charge >= 0.3 is 0 Å². The van der Waals surface area contributed by atoms with Gasteiger partial charge in [-0.3, -0.25) is 4.79 Å². The van der Waals surface area contributed by atoms with Crippen molar-refractivity contribution in [2.24, 2.45) is 0 Å². The highest BCUT2D eigenvalue weighted by molar-refractivity contribution is 6.07. The zero-order valence-electron chi connectivity index (χ0n) is 16.2. The summed E-state index contributed by atoms with van der Waals surface area (Å²) >= 11 is 0. The number of carbonyl (C=O) groups is 1. The third-order valence-electron chi connectivity index (χ3n) is 4.39. The highest BCUT2D eigenvalue weighted by Crippen LogP contribution is 2.29. The van der Waals surface area contributed by atoms with Crippen molar-refractivity contribution < 1.29 is 14.3 Å². The number of anilines is 1. The van der Waals surface area contributed by atoms with Crippen LogP contribution in [0.4, 0.5) is 5.69 Å². The number of aryl methyl sites for hydroxylation is 2. The van der Waals surface area contributed by atoms with Crippen molar-refractivity contribution in [2.75, 3.05) is 19.5 Å². The zero-order valence-corrected chi connectivity index (χ0v) is 16.2. The van der Waals surface area contributed by atoms with E-state index in [1.807, 2.05) is 37.3 Å². The average Bonchev–Trinajstić information content (AvgIpc) is 2.67. The summed E-state index contributed by atoms with van der Waals surface area (Å²) < 4.78 is 10.6. The normalized spacial score (nSPS) is 11.2. The highest BCUT2D eigenvalue weighted by Gasteiger charge is 2.12. The highest BCUT2D eigenvalue weighted by atomic mass is 16.5. The Morgan fingerprint density at radius 2 is 1.62 bits per heavy atom. The van der Waals surface area contributed by atoms with Crippen molar-refractivity contribution >= 4 is 17.7 Å². The Bertz CT molecular complexity index is 787. The van der Waals surface area contributed by atoms with Gasteiger partial charge in [-0.05, 0) is 54.7 Å². The zero-order chi connectivity index (χ0) is 19.1. The Kier molecular flexibility index (Phi) is 6.84. The fourth-order valence-electron chi connectivity index (χ4n) is 2.87. The van der Waals surface area contributed by atoms with Crippen molar-refractivity contribution in [3.8, 4) is 11.5 Å². The molecule has 0 unspecified atom stereocenters. The van der Waals surface area contributed by atoms with Gasteiger partial charge in [0.05, 0.1) is 14.2 Å². The molecule has 0 aliphatic carbocycles. The van der Waals surface area contributed by atoms with Crippen LogP contribution in [0.3, 0.4) is 0 Å². The molecular formula is C22H27NO3. The molecule has 0 bridgehead atoms. The van der Waals surface area contributed by atoms with Crippen molar-refractivity contribution in [2.45, 2.75) is 33.6 Å². The van der Waals surface area contributed by atoms with Gasteiger partial charge in [0.25, 0.3) is 5.91 Å². The number of methoxy groups -OCH3 is 2. The summed E-state index contributed by atoms with van der Waals surface area (Å²) in [5.41, 5.74) is 4.75. The minimum Gasteiger partial charge on any atom is -0.493 e. The fraction of sp³-hybridized carbons (Fsp3) is 0.318. The molecule has 0 atom stereocenters. The first-order valence-electron chi connectivity index (χ1n) is 8.86. The molecule has 2 aromatic rings. The third-order valence-corrected chi connectivity index (χ3v) is 4.39. The summed E-state index contributed by atoms with van der Waals surface area (Å²) in [5, 5.41) is 3.09. The molecule has 1 amide bonds. The summed E-state index contributed by atoms with van der Waals surface area (Å²) in [7, 11) is 3.20. The Morgan fingerprint density at radius 1 is 1.00 bits per heavy atom. The van der Waals surface area contributed by atoms with Gasteiger partial charge in [0.15, 0.2) is 11.5 Å². The van der Waals surface area contributed by atoms with Crippen LogP contribution in [0.5, 0.6) is 11.5 Å². The molecule has 2 aromatic carbocycles. The first kappa shape index (κ1) is 19.6. The van der Waals surface area contributed by atoms with Crippen LogP contribution in [0.1, 0.15) is 37.5 Å². The van der Waals surface area contributed by atoms with E-state index in [0.29, 0.717) is 17.1 Å². The van der Waals surface area contributed by atoms with Crippen LogP contribution in [0.2, 0.25) is 0 Å². The molecule has 0 saturated carbocycles. The lowest BCUT2D eigenvalue weighted by atomic mass is 10.0. The monoisotopic (exact) mass is 353 g/mol. The molecule has 4 heteroatoms. The first-order valence-corrected chi connectivity index (χ1v) is 8.86. The number of hydrogen-bond donors (Lipinski definition) is 1. The third kappa shape index (κ3) is 4.45. The number of ether oxygens (including phenoxy) is 2. The Hall–Kier alpha value is -2.75. The molecule has 0 spiro atoms. The number of rotatable bonds is 7. The average molecular weight is 353 g/mol. The second-order valence-corrected chi connectivity index (χ2v) is 6.05. The minimum atomic E-state index is -0.101. The smallest absolute Gasteiger partial charge is 0.251 e. The van der Waals surface area contributed by atoms with E-state index in [4.69, 9.17) is 9.47 Å². The molecule has 0 aliphatic rings. The second kappa shape index (κ2) is 9.09. The van der Waals surface area contributed by atoms with E-state index in [0.717, 1.165) is 35.2 Å². The lowest BCUT2D eigenvalue weighted by Gasteiger charge is -2.14. The lowest BCUT2D eigenvalue weighted by molar-refractivity contribution is -0.112. The number of para-hydroxylation sites is 1. The van der Waals surface area contributed by atoms with Crippen LogP contribution in [0.25, 0.3) is 6.08 Å². The van der Waals surface area contributed by atoms with Crippen molar-refractivity contribution in [1.29, 1.82) is 0 Å². The van der Waals surface area contributed by atoms with E-state index in [1.54, 1.807) is 14.2 Å². The summed E-state index contributed by atoms with van der Waals surface area (Å²) in [6.07, 6.45) is 3.60. The number of carbonyl (C=O) groups excluding carboxylic acids is 1. The molecule has 4 nitrogen and oxygen atoms in total. The maximum absolute atomic E-state index is 12.7. The Labute approximate surface area is 155 Å². The maximum atomic E-state index is 12.7. The summed E-state index contributed by atoms with van der Waals surface area (Å²) in [6.45, 7) is 6.00. The molecule has 0 saturated heterocycles.